The summed E-state index contributed by atoms with van der Waals surface area (Å²) < 4.78 is 26.6. The van der Waals surface area contributed by atoms with E-state index in [0.29, 0.717) is 17.2 Å². The number of hydrogen-bond acceptors (Lipinski definition) is 3. The highest BCUT2D eigenvalue weighted by Crippen LogP contribution is 2.23. The lowest BCUT2D eigenvalue weighted by Crippen LogP contribution is -2.26. The van der Waals surface area contributed by atoms with Crippen molar-refractivity contribution in [2.75, 3.05) is 11.4 Å². The summed E-state index contributed by atoms with van der Waals surface area (Å²) in [5, 5.41) is 0. The molecule has 0 saturated heterocycles. The lowest BCUT2D eigenvalue weighted by molar-refractivity contribution is 0.100. The number of carbonyl (C=O) groups is 1. The number of nitrogens with zero attached hydrogens (tertiary/aromatic N) is 1. The third-order valence-electron chi connectivity index (χ3n) is 3.74. The molecule has 1 amide bonds. The molecular formula is C18H22N2O3S. The molecule has 2 N–H and O–H groups in total. The number of rotatable bonds is 6. The number of anilines is 1. The number of hydrogen-bond donors (Lipinski definition) is 1. The molecule has 0 radical (unpaired) electrons. The Morgan fingerprint density at radius 1 is 1.04 bits per heavy atom. The summed E-state index contributed by atoms with van der Waals surface area (Å²) in [5.41, 5.74) is 7.10. The van der Waals surface area contributed by atoms with E-state index in [1.165, 1.54) is 23.5 Å². The Balaban J connectivity index is 2.26. The molecule has 2 aromatic rings. The Kier molecular flexibility index (Phi) is 5.29. The van der Waals surface area contributed by atoms with Crippen LogP contribution in [0.3, 0.4) is 0 Å². The standard InChI is InChI=1S/C18H22N2O3S/c1-13(2)12-14-4-10-17(11-5-14)24(22,23)20(3)16-8-6-15(7-9-16)18(19)21/h4-11,13H,12H2,1-3H3,(H2,19,21). The minimum absolute atomic E-state index is 0.233. The molecule has 5 nitrogen and oxygen atoms in total. The van der Waals surface area contributed by atoms with Gasteiger partial charge < -0.3 is 5.73 Å². The van der Waals surface area contributed by atoms with Crippen molar-refractivity contribution in [3.63, 3.8) is 0 Å². The van der Waals surface area contributed by atoms with Crippen molar-refractivity contribution in [1.82, 2.24) is 0 Å². The lowest BCUT2D eigenvalue weighted by atomic mass is 10.0. The highest BCUT2D eigenvalue weighted by molar-refractivity contribution is 7.92. The Bertz CT molecular complexity index is 810. The van der Waals surface area contributed by atoms with Crippen LogP contribution in [0.1, 0.15) is 29.8 Å². The molecule has 2 rings (SSSR count). The van der Waals surface area contributed by atoms with Gasteiger partial charge >= 0.3 is 0 Å². The van der Waals surface area contributed by atoms with Gasteiger partial charge in [0, 0.05) is 12.6 Å². The van der Waals surface area contributed by atoms with Crippen molar-refractivity contribution in [2.24, 2.45) is 11.7 Å². The normalized spacial score (nSPS) is 11.5. The molecule has 0 aliphatic heterocycles. The van der Waals surface area contributed by atoms with Crippen molar-refractivity contribution >= 4 is 21.6 Å². The molecule has 0 saturated carbocycles. The van der Waals surface area contributed by atoms with Crippen LogP contribution >= 0.6 is 0 Å². The zero-order valence-electron chi connectivity index (χ0n) is 14.1. The number of amides is 1. The van der Waals surface area contributed by atoms with E-state index in [9.17, 15) is 13.2 Å². The third kappa shape index (κ3) is 3.94. The van der Waals surface area contributed by atoms with E-state index in [2.05, 4.69) is 13.8 Å². The van der Waals surface area contributed by atoms with Gasteiger partial charge in [0.2, 0.25) is 5.91 Å². The van der Waals surface area contributed by atoms with Crippen LogP contribution in [0.2, 0.25) is 0 Å². The van der Waals surface area contributed by atoms with E-state index in [1.807, 2.05) is 12.1 Å². The van der Waals surface area contributed by atoms with Crippen LogP contribution in [0.4, 0.5) is 5.69 Å². The molecule has 0 spiro atoms. The van der Waals surface area contributed by atoms with Crippen LogP contribution in [-0.4, -0.2) is 21.4 Å². The maximum Gasteiger partial charge on any atom is 0.264 e. The molecule has 0 atom stereocenters. The van der Waals surface area contributed by atoms with Crippen molar-refractivity contribution < 1.29 is 13.2 Å². The summed E-state index contributed by atoms with van der Waals surface area (Å²) in [6.07, 6.45) is 0.907. The Hall–Kier alpha value is -2.34. The van der Waals surface area contributed by atoms with Crippen LogP contribution in [0.15, 0.2) is 53.4 Å². The first-order valence-corrected chi connectivity index (χ1v) is 9.13. The van der Waals surface area contributed by atoms with Gasteiger partial charge in [-0.3, -0.25) is 9.10 Å². The van der Waals surface area contributed by atoms with Gasteiger partial charge in [0.1, 0.15) is 0 Å². The van der Waals surface area contributed by atoms with Crippen LogP contribution in [0.5, 0.6) is 0 Å². The lowest BCUT2D eigenvalue weighted by Gasteiger charge is -2.20. The molecule has 128 valence electrons. The largest absolute Gasteiger partial charge is 0.366 e. The van der Waals surface area contributed by atoms with Crippen LogP contribution in [-0.2, 0) is 16.4 Å². The van der Waals surface area contributed by atoms with E-state index >= 15 is 0 Å². The Morgan fingerprint density at radius 3 is 2.04 bits per heavy atom. The smallest absolute Gasteiger partial charge is 0.264 e. The Morgan fingerprint density at radius 2 is 1.58 bits per heavy atom. The third-order valence-corrected chi connectivity index (χ3v) is 5.54. The van der Waals surface area contributed by atoms with Crippen molar-refractivity contribution in [3.8, 4) is 0 Å². The second-order valence-corrected chi connectivity index (χ2v) is 8.09. The summed E-state index contributed by atoms with van der Waals surface area (Å²) in [6.45, 7) is 4.24. The average Bonchev–Trinajstić information content (AvgIpc) is 2.54. The fraction of sp³-hybridized carbons (Fsp3) is 0.278. The van der Waals surface area contributed by atoms with Gasteiger partial charge in [-0.05, 0) is 54.3 Å². The van der Waals surface area contributed by atoms with Crippen molar-refractivity contribution in [2.45, 2.75) is 25.2 Å². The summed E-state index contributed by atoms with van der Waals surface area (Å²) >= 11 is 0. The van der Waals surface area contributed by atoms with Crippen LogP contribution < -0.4 is 10.0 Å². The van der Waals surface area contributed by atoms with E-state index in [4.69, 9.17) is 5.73 Å². The maximum absolute atomic E-state index is 12.7. The highest BCUT2D eigenvalue weighted by atomic mass is 32.2. The second kappa shape index (κ2) is 7.05. The first-order valence-electron chi connectivity index (χ1n) is 7.69. The SMILES string of the molecule is CC(C)Cc1ccc(S(=O)(=O)N(C)c2ccc(C(N)=O)cc2)cc1. The molecule has 0 aliphatic rings. The van der Waals surface area contributed by atoms with E-state index in [-0.39, 0.29) is 4.90 Å². The van der Waals surface area contributed by atoms with Gasteiger partial charge in [-0.25, -0.2) is 8.42 Å². The minimum atomic E-state index is -3.65. The molecular weight excluding hydrogens is 324 g/mol. The zero-order valence-corrected chi connectivity index (χ0v) is 14.9. The summed E-state index contributed by atoms with van der Waals surface area (Å²) in [6, 6.07) is 13.1. The van der Waals surface area contributed by atoms with Crippen LogP contribution in [0.25, 0.3) is 0 Å². The number of nitrogens with two attached hydrogens (primary N) is 1. The topological polar surface area (TPSA) is 80.5 Å². The predicted octanol–water partition coefficient (Wildman–Crippen LogP) is 2.81. The Labute approximate surface area is 143 Å². The van der Waals surface area contributed by atoms with Crippen molar-refractivity contribution in [1.29, 1.82) is 0 Å². The van der Waals surface area contributed by atoms with Crippen molar-refractivity contribution in [3.05, 3.63) is 59.7 Å². The summed E-state index contributed by atoms with van der Waals surface area (Å²) in [7, 11) is -2.17. The average molecular weight is 346 g/mol. The predicted molar refractivity (Wildman–Crippen MR) is 95.5 cm³/mol. The van der Waals surface area contributed by atoms with Gasteiger partial charge in [-0.2, -0.15) is 0 Å². The summed E-state index contributed by atoms with van der Waals surface area (Å²) in [5.74, 6) is -0.0355. The molecule has 0 aliphatic carbocycles. The monoisotopic (exact) mass is 346 g/mol. The zero-order chi connectivity index (χ0) is 17.9. The fourth-order valence-electron chi connectivity index (χ4n) is 2.40. The maximum atomic E-state index is 12.7. The van der Waals surface area contributed by atoms with Gasteiger partial charge in [-0.15, -0.1) is 0 Å². The van der Waals surface area contributed by atoms with E-state index in [0.717, 1.165) is 12.0 Å². The molecule has 0 unspecified atom stereocenters. The number of primary amides is 1. The first-order chi connectivity index (χ1) is 11.2. The molecule has 24 heavy (non-hydrogen) atoms. The van der Waals surface area contributed by atoms with Gasteiger partial charge in [-0.1, -0.05) is 26.0 Å². The molecule has 0 fully saturated rings. The second-order valence-electron chi connectivity index (χ2n) is 6.13. The van der Waals surface area contributed by atoms with Gasteiger partial charge in [0.05, 0.1) is 10.6 Å². The molecule has 0 heterocycles. The molecule has 6 heteroatoms. The molecule has 0 aromatic heterocycles. The highest BCUT2D eigenvalue weighted by Gasteiger charge is 2.21. The van der Waals surface area contributed by atoms with E-state index in [1.54, 1.807) is 24.3 Å². The number of benzene rings is 2. The van der Waals surface area contributed by atoms with E-state index < -0.39 is 15.9 Å². The quantitative estimate of drug-likeness (QED) is 0.873. The number of sulfonamides is 1. The van der Waals surface area contributed by atoms with Gasteiger partial charge in [0.25, 0.3) is 10.0 Å². The minimum Gasteiger partial charge on any atom is -0.366 e. The molecule has 2 aromatic carbocycles. The first kappa shape index (κ1) is 18.0. The summed E-state index contributed by atoms with van der Waals surface area (Å²) in [4.78, 5) is 11.3. The van der Waals surface area contributed by atoms with Gasteiger partial charge in [0.15, 0.2) is 0 Å². The number of carbonyl (C=O) groups excluding carboxylic acids is 1. The fourth-order valence-corrected chi connectivity index (χ4v) is 3.60. The molecule has 0 bridgehead atoms. The van der Waals surface area contributed by atoms with Crippen LogP contribution in [0, 0.1) is 5.92 Å².